The van der Waals surface area contributed by atoms with Gasteiger partial charge in [-0.25, -0.2) is 4.39 Å². The van der Waals surface area contributed by atoms with Crippen LogP contribution in [0.4, 0.5) is 4.39 Å². The van der Waals surface area contributed by atoms with Crippen LogP contribution in [0, 0.1) is 5.82 Å². The van der Waals surface area contributed by atoms with E-state index in [9.17, 15) is 9.18 Å². The highest BCUT2D eigenvalue weighted by Gasteiger charge is 2.26. The zero-order chi connectivity index (χ0) is 20.1. The number of hydrogen-bond acceptors (Lipinski definition) is 4. The highest BCUT2D eigenvalue weighted by Crippen LogP contribution is 2.29. The van der Waals surface area contributed by atoms with Crippen LogP contribution in [-0.2, 0) is 6.54 Å². The molecule has 1 amide bonds. The lowest BCUT2D eigenvalue weighted by atomic mass is 10.2. The van der Waals surface area contributed by atoms with E-state index >= 15 is 0 Å². The first kappa shape index (κ1) is 21.2. The molecule has 1 atom stereocenters. The third-order valence-electron chi connectivity index (χ3n) is 4.69. The Labute approximate surface area is 178 Å². The van der Waals surface area contributed by atoms with Gasteiger partial charge in [-0.15, -0.1) is 0 Å². The van der Waals surface area contributed by atoms with E-state index in [0.29, 0.717) is 6.61 Å². The van der Waals surface area contributed by atoms with Crippen LogP contribution in [-0.4, -0.2) is 36.3 Å². The summed E-state index contributed by atoms with van der Waals surface area (Å²) in [6.07, 6.45) is 3.77. The van der Waals surface area contributed by atoms with Gasteiger partial charge in [0, 0.05) is 29.9 Å². The van der Waals surface area contributed by atoms with Crippen molar-refractivity contribution in [3.8, 4) is 5.75 Å². The number of amides is 1. The number of hydrogen-bond donors (Lipinski definition) is 1. The van der Waals surface area contributed by atoms with Crippen LogP contribution in [0.25, 0.3) is 0 Å². The van der Waals surface area contributed by atoms with E-state index in [1.807, 2.05) is 24.3 Å². The molecule has 0 saturated carbocycles. The zero-order valence-electron chi connectivity index (χ0n) is 15.4. The topological polar surface area (TPSA) is 41.6 Å². The second kappa shape index (κ2) is 9.83. The van der Waals surface area contributed by atoms with E-state index in [-0.39, 0.29) is 22.4 Å². The molecular formula is C20H21Cl2FN2O2S. The molecule has 2 aromatic rings. The second-order valence-corrected chi connectivity index (χ2v) is 8.06. The highest BCUT2D eigenvalue weighted by atomic mass is 35.5. The smallest absolute Gasteiger partial charge is 0.264 e. The number of carbonyl (C=O) groups excluding carboxylic acids is 1. The van der Waals surface area contributed by atoms with E-state index in [0.717, 1.165) is 42.9 Å². The molecule has 1 fully saturated rings. The summed E-state index contributed by atoms with van der Waals surface area (Å²) in [5.74, 6) is -0.933. The first-order valence-electron chi connectivity index (χ1n) is 8.91. The quantitative estimate of drug-likeness (QED) is 0.599. The maximum atomic E-state index is 14.3. The molecule has 2 aromatic carbocycles. The predicted molar refractivity (Wildman–Crippen MR) is 113 cm³/mol. The average molecular weight is 443 g/mol. The molecular weight excluding hydrogens is 422 g/mol. The molecule has 8 heteroatoms. The number of ether oxygens (including phenoxy) is 1. The molecule has 1 saturated heterocycles. The molecule has 0 aromatic heterocycles. The minimum Gasteiger partial charge on any atom is -0.490 e. The Balaban J connectivity index is 1.63. The van der Waals surface area contributed by atoms with Gasteiger partial charge in [0.2, 0.25) is 0 Å². The van der Waals surface area contributed by atoms with Crippen molar-refractivity contribution in [2.24, 2.45) is 0 Å². The normalized spacial score (nSPS) is 16.9. The maximum Gasteiger partial charge on any atom is 0.264 e. The molecule has 28 heavy (non-hydrogen) atoms. The van der Waals surface area contributed by atoms with Crippen LogP contribution in [0.3, 0.4) is 0 Å². The van der Waals surface area contributed by atoms with E-state index in [1.165, 1.54) is 17.7 Å². The van der Waals surface area contributed by atoms with Crippen molar-refractivity contribution in [3.63, 3.8) is 0 Å². The van der Waals surface area contributed by atoms with Gasteiger partial charge >= 0.3 is 0 Å². The standard InChI is InChI=1S/C20H21Cl2FN2O2S/c1-28-24-20(26)16-9-17(22)19(10-18(16)23)27-12-15-3-2-8-25(15)11-13-4-6-14(21)7-5-13/h4-7,9-10,15H,2-3,8,11-12H2,1H3,(H,24,26)/t15-/m1/s1. The van der Waals surface area contributed by atoms with Crippen LogP contribution in [0.2, 0.25) is 10.0 Å². The maximum absolute atomic E-state index is 14.3. The average Bonchev–Trinajstić information content (AvgIpc) is 3.11. The van der Waals surface area contributed by atoms with Gasteiger partial charge in [0.05, 0.1) is 10.6 Å². The molecule has 0 unspecified atom stereocenters. The van der Waals surface area contributed by atoms with Crippen LogP contribution < -0.4 is 9.46 Å². The Morgan fingerprint density at radius 2 is 2.07 bits per heavy atom. The van der Waals surface area contributed by atoms with Gasteiger partial charge < -0.3 is 4.74 Å². The van der Waals surface area contributed by atoms with Crippen molar-refractivity contribution in [2.45, 2.75) is 25.4 Å². The summed E-state index contributed by atoms with van der Waals surface area (Å²) < 4.78 is 22.6. The SMILES string of the molecule is CSNC(=O)c1cc(Cl)c(OC[C@H]2CCCN2Cc2ccc(Cl)cc2)cc1F. The van der Waals surface area contributed by atoms with Gasteiger partial charge in [-0.1, -0.05) is 47.3 Å². The van der Waals surface area contributed by atoms with Gasteiger partial charge in [0.1, 0.15) is 18.2 Å². The van der Waals surface area contributed by atoms with Crippen LogP contribution in [0.15, 0.2) is 36.4 Å². The number of nitrogens with one attached hydrogen (secondary N) is 1. The molecule has 1 aliphatic heterocycles. The largest absolute Gasteiger partial charge is 0.490 e. The molecule has 0 aliphatic carbocycles. The minimum absolute atomic E-state index is 0.100. The van der Waals surface area contributed by atoms with Crippen molar-refractivity contribution in [1.82, 2.24) is 9.62 Å². The molecule has 0 bridgehead atoms. The van der Waals surface area contributed by atoms with Gasteiger partial charge in [-0.05, 0) is 43.1 Å². The van der Waals surface area contributed by atoms with Crippen LogP contribution in [0.5, 0.6) is 5.75 Å². The molecule has 1 heterocycles. The summed E-state index contributed by atoms with van der Waals surface area (Å²) in [6, 6.07) is 10.5. The van der Waals surface area contributed by atoms with E-state index < -0.39 is 11.7 Å². The van der Waals surface area contributed by atoms with E-state index in [2.05, 4.69) is 9.62 Å². The molecule has 0 radical (unpaired) electrons. The Bertz CT molecular complexity index is 836. The van der Waals surface area contributed by atoms with Gasteiger partial charge in [0.15, 0.2) is 0 Å². The van der Waals surface area contributed by atoms with Crippen molar-refractivity contribution in [2.75, 3.05) is 19.4 Å². The Kier molecular flexibility index (Phi) is 7.46. The summed E-state index contributed by atoms with van der Waals surface area (Å²) in [5.41, 5.74) is 1.08. The first-order valence-corrected chi connectivity index (χ1v) is 10.9. The molecule has 3 rings (SSSR count). The van der Waals surface area contributed by atoms with Crippen molar-refractivity contribution in [1.29, 1.82) is 0 Å². The number of benzene rings is 2. The lowest BCUT2D eigenvalue weighted by Crippen LogP contribution is -2.33. The summed E-state index contributed by atoms with van der Waals surface area (Å²) in [7, 11) is 0. The zero-order valence-corrected chi connectivity index (χ0v) is 17.7. The number of carbonyl (C=O) groups is 1. The van der Waals surface area contributed by atoms with Crippen molar-refractivity contribution in [3.05, 3.63) is 63.4 Å². The fraction of sp³-hybridized carbons (Fsp3) is 0.350. The lowest BCUT2D eigenvalue weighted by molar-refractivity contribution is 0.0980. The minimum atomic E-state index is -0.657. The number of rotatable bonds is 7. The number of likely N-dealkylation sites (tertiary alicyclic amines) is 1. The molecule has 150 valence electrons. The van der Waals surface area contributed by atoms with Gasteiger partial charge in [-0.2, -0.15) is 0 Å². The van der Waals surface area contributed by atoms with Crippen molar-refractivity contribution < 1.29 is 13.9 Å². The lowest BCUT2D eigenvalue weighted by Gasteiger charge is -2.25. The number of nitrogens with zero attached hydrogens (tertiary/aromatic N) is 1. The Hall–Kier alpha value is -1.47. The van der Waals surface area contributed by atoms with Gasteiger partial charge in [0.25, 0.3) is 5.91 Å². The Morgan fingerprint density at radius 3 is 2.79 bits per heavy atom. The first-order chi connectivity index (χ1) is 13.5. The van der Waals surface area contributed by atoms with Crippen LogP contribution >= 0.6 is 35.1 Å². The molecule has 4 nitrogen and oxygen atoms in total. The Morgan fingerprint density at radius 1 is 1.32 bits per heavy atom. The third kappa shape index (κ3) is 5.32. The van der Waals surface area contributed by atoms with E-state index in [1.54, 1.807) is 6.26 Å². The highest BCUT2D eigenvalue weighted by molar-refractivity contribution is 7.97. The summed E-state index contributed by atoms with van der Waals surface area (Å²) in [4.78, 5) is 14.2. The molecule has 0 spiro atoms. The number of halogens is 3. The summed E-state index contributed by atoms with van der Waals surface area (Å²) >= 11 is 13.3. The second-order valence-electron chi connectivity index (χ2n) is 6.60. The predicted octanol–water partition coefficient (Wildman–Crippen LogP) is 5.18. The fourth-order valence-electron chi connectivity index (χ4n) is 3.26. The summed E-state index contributed by atoms with van der Waals surface area (Å²) in [6.45, 7) is 2.19. The fourth-order valence-corrected chi connectivity index (χ4v) is 3.90. The van der Waals surface area contributed by atoms with Gasteiger partial charge in [-0.3, -0.25) is 14.4 Å². The van der Waals surface area contributed by atoms with Crippen molar-refractivity contribution >= 4 is 41.1 Å². The molecule has 1 aliphatic rings. The molecule has 1 N–H and O–H groups in total. The van der Waals surface area contributed by atoms with Crippen LogP contribution in [0.1, 0.15) is 28.8 Å². The monoisotopic (exact) mass is 442 g/mol. The summed E-state index contributed by atoms with van der Waals surface area (Å²) in [5, 5.41) is 0.936. The third-order valence-corrected chi connectivity index (χ3v) is 5.63. The van der Waals surface area contributed by atoms with E-state index in [4.69, 9.17) is 27.9 Å².